The molecule has 2 heterocycles. The highest BCUT2D eigenvalue weighted by Gasteiger charge is 2.27. The summed E-state index contributed by atoms with van der Waals surface area (Å²) < 4.78 is 10.2. The van der Waals surface area contributed by atoms with Crippen LogP contribution in [-0.4, -0.2) is 43.1 Å². The van der Waals surface area contributed by atoms with Gasteiger partial charge in [-0.1, -0.05) is 11.3 Å². The molecule has 1 aliphatic heterocycles. The van der Waals surface area contributed by atoms with Gasteiger partial charge in [0.2, 0.25) is 0 Å². The SMILES string of the molecule is COC(=O)C1CCN(c2ncc(C(=O)Oc3ccc(N=C(N)N)cc3)s2)CC1. The lowest BCUT2D eigenvalue weighted by molar-refractivity contribution is -0.146. The van der Waals surface area contributed by atoms with E-state index in [1.807, 2.05) is 0 Å². The smallest absolute Gasteiger partial charge is 0.355 e. The fraction of sp³-hybridized carbons (Fsp3) is 0.333. The maximum atomic E-state index is 12.4. The van der Waals surface area contributed by atoms with E-state index < -0.39 is 5.97 Å². The van der Waals surface area contributed by atoms with Crippen LogP contribution in [0, 0.1) is 5.92 Å². The molecule has 0 radical (unpaired) electrons. The molecule has 4 N–H and O–H groups in total. The number of hydrogen-bond acceptors (Lipinski definition) is 8. The molecule has 1 aliphatic rings. The van der Waals surface area contributed by atoms with Gasteiger partial charge < -0.3 is 25.8 Å². The van der Waals surface area contributed by atoms with Gasteiger partial charge in [-0.2, -0.15) is 0 Å². The number of guanidine groups is 1. The minimum Gasteiger partial charge on any atom is -0.469 e. The van der Waals surface area contributed by atoms with Gasteiger partial charge in [0.05, 0.1) is 24.9 Å². The number of esters is 2. The van der Waals surface area contributed by atoms with Gasteiger partial charge in [0.25, 0.3) is 0 Å². The first-order chi connectivity index (χ1) is 13.5. The van der Waals surface area contributed by atoms with Gasteiger partial charge in [0.1, 0.15) is 10.6 Å². The van der Waals surface area contributed by atoms with E-state index in [2.05, 4.69) is 14.9 Å². The Labute approximate surface area is 166 Å². The molecule has 0 amide bonds. The average molecular weight is 403 g/mol. The lowest BCUT2D eigenvalue weighted by atomic mass is 9.97. The van der Waals surface area contributed by atoms with Crippen molar-refractivity contribution in [3.05, 3.63) is 35.3 Å². The Kier molecular flexibility index (Phi) is 6.09. The number of nitrogens with two attached hydrogens (primary N) is 2. The van der Waals surface area contributed by atoms with E-state index in [1.54, 1.807) is 24.3 Å². The number of aromatic nitrogens is 1. The minimum atomic E-state index is -0.484. The lowest BCUT2D eigenvalue weighted by Crippen LogP contribution is -2.36. The number of methoxy groups -OCH3 is 1. The number of benzene rings is 1. The fourth-order valence-corrected chi connectivity index (χ4v) is 3.72. The Bertz CT molecular complexity index is 868. The number of hydrogen-bond donors (Lipinski definition) is 2. The van der Waals surface area contributed by atoms with Crippen LogP contribution in [0.15, 0.2) is 35.5 Å². The second kappa shape index (κ2) is 8.70. The molecule has 0 aliphatic carbocycles. The number of aliphatic imine (C=N–C) groups is 1. The average Bonchev–Trinajstić information content (AvgIpc) is 3.19. The minimum absolute atomic E-state index is 0.0439. The highest BCUT2D eigenvalue weighted by atomic mass is 32.1. The monoisotopic (exact) mass is 403 g/mol. The molecule has 1 saturated heterocycles. The number of piperidine rings is 1. The van der Waals surface area contributed by atoms with Crippen molar-refractivity contribution in [1.29, 1.82) is 0 Å². The first-order valence-electron chi connectivity index (χ1n) is 8.66. The molecule has 3 rings (SSSR count). The third kappa shape index (κ3) is 4.77. The van der Waals surface area contributed by atoms with E-state index in [-0.39, 0.29) is 17.8 Å². The number of carbonyl (C=O) groups excluding carboxylic acids is 2. The molecule has 1 aromatic carbocycles. The number of rotatable bonds is 5. The highest BCUT2D eigenvalue weighted by molar-refractivity contribution is 7.17. The molecular weight excluding hydrogens is 382 g/mol. The second-order valence-electron chi connectivity index (χ2n) is 6.21. The Morgan fingerprint density at radius 2 is 1.89 bits per heavy atom. The summed E-state index contributed by atoms with van der Waals surface area (Å²) in [4.78, 5) is 34.7. The molecule has 1 fully saturated rings. The summed E-state index contributed by atoms with van der Waals surface area (Å²) in [5, 5.41) is 0.735. The molecule has 28 heavy (non-hydrogen) atoms. The Hall–Kier alpha value is -3.14. The predicted molar refractivity (Wildman–Crippen MR) is 106 cm³/mol. The van der Waals surface area contributed by atoms with Crippen molar-refractivity contribution in [2.24, 2.45) is 22.4 Å². The van der Waals surface area contributed by atoms with E-state index in [0.717, 1.165) is 5.13 Å². The van der Waals surface area contributed by atoms with Crippen LogP contribution in [0.25, 0.3) is 0 Å². The number of nitrogens with zero attached hydrogens (tertiary/aromatic N) is 3. The van der Waals surface area contributed by atoms with Crippen molar-refractivity contribution in [2.75, 3.05) is 25.1 Å². The van der Waals surface area contributed by atoms with Crippen molar-refractivity contribution in [3.8, 4) is 5.75 Å². The highest BCUT2D eigenvalue weighted by Crippen LogP contribution is 2.28. The molecule has 1 aromatic heterocycles. The molecule has 0 saturated carbocycles. The molecule has 0 bridgehead atoms. The maximum Gasteiger partial charge on any atom is 0.355 e. The first-order valence-corrected chi connectivity index (χ1v) is 9.48. The van der Waals surface area contributed by atoms with Crippen LogP contribution in [0.5, 0.6) is 5.75 Å². The fourth-order valence-electron chi connectivity index (χ4n) is 2.87. The number of thiazole rings is 1. The molecule has 0 spiro atoms. The quantitative estimate of drug-likeness (QED) is 0.333. The standard InChI is InChI=1S/C18H21N5O4S/c1-26-15(24)11-6-8-23(9-7-11)18-21-10-14(28-18)16(25)27-13-4-2-12(3-5-13)22-17(19)20/h2-5,10-11H,6-9H2,1H3,(H4,19,20,22). The zero-order valence-corrected chi connectivity index (χ0v) is 16.1. The summed E-state index contributed by atoms with van der Waals surface area (Å²) in [5.41, 5.74) is 11.2. The zero-order valence-electron chi connectivity index (χ0n) is 15.3. The van der Waals surface area contributed by atoms with E-state index in [1.165, 1.54) is 24.6 Å². The third-order valence-electron chi connectivity index (χ3n) is 4.30. The molecule has 2 aromatic rings. The molecule has 0 atom stereocenters. The van der Waals surface area contributed by atoms with Crippen LogP contribution in [0.3, 0.4) is 0 Å². The Morgan fingerprint density at radius 1 is 1.21 bits per heavy atom. The van der Waals surface area contributed by atoms with Crippen molar-refractivity contribution in [3.63, 3.8) is 0 Å². The Morgan fingerprint density at radius 3 is 2.50 bits per heavy atom. The predicted octanol–water partition coefficient (Wildman–Crippen LogP) is 1.66. The van der Waals surface area contributed by atoms with Gasteiger partial charge in [-0.05, 0) is 37.1 Å². The summed E-state index contributed by atoms with van der Waals surface area (Å²) in [7, 11) is 1.40. The summed E-state index contributed by atoms with van der Waals surface area (Å²) in [6.07, 6.45) is 2.91. The van der Waals surface area contributed by atoms with Crippen LogP contribution in [0.4, 0.5) is 10.8 Å². The second-order valence-corrected chi connectivity index (χ2v) is 7.22. The van der Waals surface area contributed by atoms with Gasteiger partial charge in [0.15, 0.2) is 11.1 Å². The van der Waals surface area contributed by atoms with Crippen LogP contribution < -0.4 is 21.1 Å². The van der Waals surface area contributed by atoms with Crippen LogP contribution in [0.2, 0.25) is 0 Å². The summed E-state index contributed by atoms with van der Waals surface area (Å²) >= 11 is 1.26. The van der Waals surface area contributed by atoms with Gasteiger partial charge in [-0.25, -0.2) is 14.8 Å². The topological polar surface area (TPSA) is 133 Å². The van der Waals surface area contributed by atoms with E-state index in [4.69, 9.17) is 20.9 Å². The van der Waals surface area contributed by atoms with Crippen LogP contribution in [0.1, 0.15) is 22.5 Å². The summed E-state index contributed by atoms with van der Waals surface area (Å²) in [6, 6.07) is 6.51. The van der Waals surface area contributed by atoms with Crippen molar-refractivity contribution in [2.45, 2.75) is 12.8 Å². The van der Waals surface area contributed by atoms with Crippen LogP contribution in [-0.2, 0) is 9.53 Å². The largest absolute Gasteiger partial charge is 0.469 e. The lowest BCUT2D eigenvalue weighted by Gasteiger charge is -2.30. The third-order valence-corrected chi connectivity index (χ3v) is 5.34. The molecular formula is C18H21N5O4S. The molecule has 148 valence electrons. The van der Waals surface area contributed by atoms with E-state index in [0.29, 0.717) is 42.2 Å². The zero-order chi connectivity index (χ0) is 20.1. The number of anilines is 1. The summed E-state index contributed by atoms with van der Waals surface area (Å²) in [6.45, 7) is 1.38. The normalized spacial score (nSPS) is 14.4. The number of ether oxygens (including phenoxy) is 2. The Balaban J connectivity index is 1.58. The van der Waals surface area contributed by atoms with Crippen molar-refractivity contribution in [1.82, 2.24) is 4.98 Å². The van der Waals surface area contributed by atoms with Crippen molar-refractivity contribution >= 4 is 40.1 Å². The van der Waals surface area contributed by atoms with E-state index in [9.17, 15) is 9.59 Å². The maximum absolute atomic E-state index is 12.4. The van der Waals surface area contributed by atoms with E-state index >= 15 is 0 Å². The summed E-state index contributed by atoms with van der Waals surface area (Å²) in [5.74, 6) is -0.393. The molecule has 10 heteroatoms. The molecule has 0 unspecified atom stereocenters. The van der Waals surface area contributed by atoms with Crippen molar-refractivity contribution < 1.29 is 19.1 Å². The number of carbonyl (C=O) groups is 2. The first kappa shape index (κ1) is 19.6. The van der Waals surface area contributed by atoms with Gasteiger partial charge >= 0.3 is 11.9 Å². The van der Waals surface area contributed by atoms with Crippen LogP contribution >= 0.6 is 11.3 Å². The van der Waals surface area contributed by atoms with Gasteiger partial charge in [-0.3, -0.25) is 4.79 Å². The van der Waals surface area contributed by atoms with Gasteiger partial charge in [-0.15, -0.1) is 0 Å². The van der Waals surface area contributed by atoms with Gasteiger partial charge in [0, 0.05) is 13.1 Å². The molecule has 9 nitrogen and oxygen atoms in total.